The molecule has 5 atom stereocenters. The van der Waals surface area contributed by atoms with Crippen LogP contribution in [0.15, 0.2) is 12.7 Å². The maximum Gasteiger partial charge on any atom is 0.187 e. The third-order valence-electron chi connectivity index (χ3n) is 2.23. The predicted octanol–water partition coefficient (Wildman–Crippen LogP) is -2.01. The van der Waals surface area contributed by atoms with Gasteiger partial charge in [-0.15, -0.1) is 6.58 Å². The van der Waals surface area contributed by atoms with Crippen molar-refractivity contribution in [1.29, 1.82) is 0 Å². The van der Waals surface area contributed by atoms with Crippen LogP contribution in [0.3, 0.4) is 0 Å². The molecule has 0 aromatic carbocycles. The molecule has 1 saturated heterocycles. The molecule has 3 unspecified atom stereocenters. The Labute approximate surface area is 87.4 Å². The zero-order valence-corrected chi connectivity index (χ0v) is 8.19. The van der Waals surface area contributed by atoms with E-state index in [1.807, 2.05) is 0 Å². The van der Waals surface area contributed by atoms with Crippen LogP contribution in [-0.4, -0.2) is 64.3 Å². The van der Waals surface area contributed by atoms with Crippen molar-refractivity contribution in [2.75, 3.05) is 13.2 Å². The summed E-state index contributed by atoms with van der Waals surface area (Å²) in [6.45, 7) is 3.10. The lowest BCUT2D eigenvalue weighted by atomic mass is 9.99. The molecule has 1 rings (SSSR count). The van der Waals surface area contributed by atoms with Crippen molar-refractivity contribution in [2.45, 2.75) is 30.7 Å². The highest BCUT2D eigenvalue weighted by Gasteiger charge is 2.43. The Morgan fingerprint density at radius 3 is 2.40 bits per heavy atom. The Bertz CT molecular complexity index is 207. The molecule has 0 radical (unpaired) electrons. The first-order valence-electron chi connectivity index (χ1n) is 4.64. The SMILES string of the molecule is C=CCO[C@@H]1OC(CO)[C@H](O)C(O)C1O. The van der Waals surface area contributed by atoms with Crippen molar-refractivity contribution < 1.29 is 29.9 Å². The van der Waals surface area contributed by atoms with Gasteiger partial charge in [0, 0.05) is 0 Å². The average molecular weight is 220 g/mol. The molecule has 6 heteroatoms. The van der Waals surface area contributed by atoms with Crippen LogP contribution in [0.25, 0.3) is 0 Å². The molecule has 15 heavy (non-hydrogen) atoms. The van der Waals surface area contributed by atoms with Crippen LogP contribution >= 0.6 is 0 Å². The van der Waals surface area contributed by atoms with E-state index < -0.39 is 37.3 Å². The molecule has 6 nitrogen and oxygen atoms in total. The third kappa shape index (κ3) is 2.75. The van der Waals surface area contributed by atoms with Crippen LogP contribution < -0.4 is 0 Å². The maximum absolute atomic E-state index is 9.47. The van der Waals surface area contributed by atoms with Crippen LogP contribution in [0.1, 0.15) is 0 Å². The number of aliphatic hydroxyl groups is 4. The van der Waals surface area contributed by atoms with Gasteiger partial charge in [-0.3, -0.25) is 0 Å². The summed E-state index contributed by atoms with van der Waals surface area (Å²) >= 11 is 0. The molecular weight excluding hydrogens is 204 g/mol. The van der Waals surface area contributed by atoms with Gasteiger partial charge in [-0.05, 0) is 0 Å². The van der Waals surface area contributed by atoms with Crippen molar-refractivity contribution in [2.24, 2.45) is 0 Å². The lowest BCUT2D eigenvalue weighted by Gasteiger charge is -2.39. The topological polar surface area (TPSA) is 99.4 Å². The van der Waals surface area contributed by atoms with Crippen LogP contribution in [0.5, 0.6) is 0 Å². The Balaban J connectivity index is 2.60. The quantitative estimate of drug-likeness (QED) is 0.408. The Hall–Kier alpha value is -0.500. The van der Waals surface area contributed by atoms with Gasteiger partial charge in [0.2, 0.25) is 0 Å². The molecule has 0 spiro atoms. The van der Waals surface area contributed by atoms with Crippen molar-refractivity contribution in [3.8, 4) is 0 Å². The molecule has 1 aliphatic heterocycles. The van der Waals surface area contributed by atoms with Crippen molar-refractivity contribution in [3.05, 3.63) is 12.7 Å². The Morgan fingerprint density at radius 1 is 1.20 bits per heavy atom. The molecule has 0 aliphatic carbocycles. The highest BCUT2D eigenvalue weighted by atomic mass is 16.7. The second kappa shape index (κ2) is 5.55. The number of rotatable bonds is 4. The first-order valence-corrected chi connectivity index (χ1v) is 4.64. The fourth-order valence-electron chi connectivity index (χ4n) is 1.37. The highest BCUT2D eigenvalue weighted by molar-refractivity contribution is 4.89. The standard InChI is InChI=1S/C9H16O6/c1-2-3-14-9-8(13)7(12)6(11)5(4-10)15-9/h2,5-13H,1,3-4H2/t5?,6-,7?,8?,9+/m0/s1. The Morgan fingerprint density at radius 2 is 1.87 bits per heavy atom. The molecule has 1 fully saturated rings. The molecule has 4 N–H and O–H groups in total. The minimum Gasteiger partial charge on any atom is -0.394 e. The van der Waals surface area contributed by atoms with E-state index in [0.717, 1.165) is 0 Å². The molecule has 0 bridgehead atoms. The molecule has 1 heterocycles. The number of hydrogen-bond acceptors (Lipinski definition) is 6. The molecule has 0 aromatic heterocycles. The lowest BCUT2D eigenvalue weighted by Crippen LogP contribution is -2.59. The van der Waals surface area contributed by atoms with E-state index >= 15 is 0 Å². The minimum atomic E-state index is -1.40. The number of hydrogen-bond donors (Lipinski definition) is 4. The van der Waals surface area contributed by atoms with Crippen molar-refractivity contribution in [1.82, 2.24) is 0 Å². The van der Waals surface area contributed by atoms with Crippen LogP contribution in [-0.2, 0) is 9.47 Å². The summed E-state index contributed by atoms with van der Waals surface area (Å²) in [4.78, 5) is 0. The van der Waals surface area contributed by atoms with Crippen molar-refractivity contribution >= 4 is 0 Å². The van der Waals surface area contributed by atoms with E-state index in [1.54, 1.807) is 0 Å². The van der Waals surface area contributed by atoms with Gasteiger partial charge < -0.3 is 29.9 Å². The fraction of sp³-hybridized carbons (Fsp3) is 0.778. The van der Waals surface area contributed by atoms with Gasteiger partial charge in [0.05, 0.1) is 13.2 Å². The number of ether oxygens (including phenoxy) is 2. The third-order valence-corrected chi connectivity index (χ3v) is 2.23. The number of aliphatic hydroxyl groups excluding tert-OH is 4. The van der Waals surface area contributed by atoms with Gasteiger partial charge in [0.15, 0.2) is 6.29 Å². The molecule has 0 saturated carbocycles. The van der Waals surface area contributed by atoms with E-state index in [4.69, 9.17) is 14.6 Å². The summed E-state index contributed by atoms with van der Waals surface area (Å²) in [5.41, 5.74) is 0. The zero-order chi connectivity index (χ0) is 11.4. The second-order valence-electron chi connectivity index (χ2n) is 3.32. The van der Waals surface area contributed by atoms with E-state index in [2.05, 4.69) is 6.58 Å². The van der Waals surface area contributed by atoms with E-state index in [9.17, 15) is 15.3 Å². The zero-order valence-electron chi connectivity index (χ0n) is 8.19. The molecule has 1 aliphatic rings. The van der Waals surface area contributed by atoms with E-state index in [-0.39, 0.29) is 6.61 Å². The summed E-state index contributed by atoms with van der Waals surface area (Å²) in [6, 6.07) is 0. The van der Waals surface area contributed by atoms with E-state index in [1.165, 1.54) is 6.08 Å². The Kier molecular flexibility index (Phi) is 4.65. The fourth-order valence-corrected chi connectivity index (χ4v) is 1.37. The molecule has 0 aromatic rings. The second-order valence-corrected chi connectivity index (χ2v) is 3.32. The summed E-state index contributed by atoms with van der Waals surface area (Å²) < 4.78 is 10.1. The average Bonchev–Trinajstić information content (AvgIpc) is 2.25. The lowest BCUT2D eigenvalue weighted by molar-refractivity contribution is -0.298. The molecule has 88 valence electrons. The largest absolute Gasteiger partial charge is 0.394 e. The van der Waals surface area contributed by atoms with Crippen molar-refractivity contribution in [3.63, 3.8) is 0 Å². The van der Waals surface area contributed by atoms with Crippen LogP contribution in [0, 0.1) is 0 Å². The van der Waals surface area contributed by atoms with E-state index in [0.29, 0.717) is 0 Å². The normalized spacial score (nSPS) is 41.5. The van der Waals surface area contributed by atoms with Gasteiger partial charge in [-0.1, -0.05) is 6.08 Å². The summed E-state index contributed by atoms with van der Waals surface area (Å²) in [6.07, 6.45) is -4.64. The summed E-state index contributed by atoms with van der Waals surface area (Å²) in [5.74, 6) is 0. The highest BCUT2D eigenvalue weighted by Crippen LogP contribution is 2.21. The minimum absolute atomic E-state index is 0.142. The predicted molar refractivity (Wildman–Crippen MR) is 49.9 cm³/mol. The first-order chi connectivity index (χ1) is 7.11. The molecular formula is C9H16O6. The van der Waals surface area contributed by atoms with Gasteiger partial charge in [-0.25, -0.2) is 0 Å². The van der Waals surface area contributed by atoms with Gasteiger partial charge in [0.1, 0.15) is 24.4 Å². The van der Waals surface area contributed by atoms with Gasteiger partial charge in [-0.2, -0.15) is 0 Å². The smallest absolute Gasteiger partial charge is 0.187 e. The maximum atomic E-state index is 9.47. The first kappa shape index (κ1) is 12.6. The molecule has 0 amide bonds. The monoisotopic (exact) mass is 220 g/mol. The van der Waals surface area contributed by atoms with Gasteiger partial charge >= 0.3 is 0 Å². The summed E-state index contributed by atoms with van der Waals surface area (Å²) in [5, 5.41) is 37.1. The van der Waals surface area contributed by atoms with Gasteiger partial charge in [0.25, 0.3) is 0 Å². The van der Waals surface area contributed by atoms with Crippen LogP contribution in [0.4, 0.5) is 0 Å². The summed E-state index contributed by atoms with van der Waals surface area (Å²) in [7, 11) is 0. The van der Waals surface area contributed by atoms with Crippen LogP contribution in [0.2, 0.25) is 0 Å².